The standard InChI is InChI=1S/C15H22BrN3O2/c1-11(2)10-18-4-6-19(7-5-18)14-9-12(15(20)21-3)8-13(16)17-14/h8-9,11H,4-7,10H2,1-3H3. The Balaban J connectivity index is 2.06. The number of hydrogen-bond acceptors (Lipinski definition) is 5. The third kappa shape index (κ3) is 4.41. The number of halogens is 1. The van der Waals surface area contributed by atoms with Crippen LogP contribution < -0.4 is 4.90 Å². The summed E-state index contributed by atoms with van der Waals surface area (Å²) in [6.45, 7) is 9.52. The van der Waals surface area contributed by atoms with Gasteiger partial charge in [0.2, 0.25) is 0 Å². The van der Waals surface area contributed by atoms with Crippen molar-refractivity contribution in [3.8, 4) is 0 Å². The maximum Gasteiger partial charge on any atom is 0.338 e. The number of rotatable bonds is 4. The lowest BCUT2D eigenvalue weighted by Crippen LogP contribution is -2.47. The molecule has 1 aromatic rings. The predicted molar refractivity (Wildman–Crippen MR) is 86.8 cm³/mol. The molecule has 2 heterocycles. The molecule has 0 amide bonds. The molecule has 0 aromatic carbocycles. The molecule has 116 valence electrons. The maximum absolute atomic E-state index is 11.7. The van der Waals surface area contributed by atoms with Crippen LogP contribution in [0.25, 0.3) is 0 Å². The summed E-state index contributed by atoms with van der Waals surface area (Å²) < 4.78 is 5.44. The first kappa shape index (κ1) is 16.2. The van der Waals surface area contributed by atoms with E-state index in [1.165, 1.54) is 7.11 Å². The number of ether oxygens (including phenoxy) is 1. The fraction of sp³-hybridized carbons (Fsp3) is 0.600. The maximum atomic E-state index is 11.7. The van der Waals surface area contributed by atoms with Crippen molar-refractivity contribution < 1.29 is 9.53 Å². The van der Waals surface area contributed by atoms with Gasteiger partial charge in [-0.2, -0.15) is 0 Å². The van der Waals surface area contributed by atoms with E-state index in [2.05, 4.69) is 44.6 Å². The van der Waals surface area contributed by atoms with Crippen LogP contribution in [0.1, 0.15) is 24.2 Å². The zero-order valence-electron chi connectivity index (χ0n) is 12.8. The number of methoxy groups -OCH3 is 1. The molecule has 0 unspecified atom stereocenters. The highest BCUT2D eigenvalue weighted by Crippen LogP contribution is 2.20. The second-order valence-corrected chi connectivity index (χ2v) is 6.52. The van der Waals surface area contributed by atoms with Gasteiger partial charge in [0.05, 0.1) is 12.7 Å². The zero-order valence-corrected chi connectivity index (χ0v) is 14.4. The van der Waals surface area contributed by atoms with E-state index in [4.69, 9.17) is 4.74 Å². The highest BCUT2D eigenvalue weighted by molar-refractivity contribution is 9.10. The molecule has 0 saturated carbocycles. The Hall–Kier alpha value is -1.14. The third-order valence-corrected chi connectivity index (χ3v) is 3.93. The molecule has 6 heteroatoms. The summed E-state index contributed by atoms with van der Waals surface area (Å²) in [6.07, 6.45) is 0. The van der Waals surface area contributed by atoms with Crippen LogP contribution in [0.4, 0.5) is 5.82 Å². The molecule has 0 N–H and O–H groups in total. The molecule has 0 spiro atoms. The van der Waals surface area contributed by atoms with Gasteiger partial charge < -0.3 is 9.64 Å². The van der Waals surface area contributed by atoms with Crippen LogP contribution in [-0.4, -0.2) is 55.7 Å². The fourth-order valence-corrected chi connectivity index (χ4v) is 2.98. The molecule has 1 fully saturated rings. The topological polar surface area (TPSA) is 45.7 Å². The van der Waals surface area contributed by atoms with E-state index in [1.54, 1.807) is 12.1 Å². The molecule has 1 saturated heterocycles. The van der Waals surface area contributed by atoms with Gasteiger partial charge in [-0.15, -0.1) is 0 Å². The van der Waals surface area contributed by atoms with E-state index in [9.17, 15) is 4.79 Å². The van der Waals surface area contributed by atoms with Crippen LogP contribution in [0.2, 0.25) is 0 Å². The Morgan fingerprint density at radius 2 is 2.00 bits per heavy atom. The lowest BCUT2D eigenvalue weighted by molar-refractivity contribution is 0.0600. The Labute approximate surface area is 134 Å². The predicted octanol–water partition coefficient (Wildman–Crippen LogP) is 2.41. The Morgan fingerprint density at radius 3 is 2.57 bits per heavy atom. The number of nitrogens with zero attached hydrogens (tertiary/aromatic N) is 3. The molecule has 0 radical (unpaired) electrons. The third-order valence-electron chi connectivity index (χ3n) is 3.52. The van der Waals surface area contributed by atoms with Gasteiger partial charge in [0.15, 0.2) is 0 Å². The van der Waals surface area contributed by atoms with Gasteiger partial charge in [0.1, 0.15) is 10.4 Å². The number of anilines is 1. The molecule has 2 rings (SSSR count). The number of hydrogen-bond donors (Lipinski definition) is 0. The molecule has 1 aromatic heterocycles. The number of carbonyl (C=O) groups is 1. The lowest BCUT2D eigenvalue weighted by Gasteiger charge is -2.36. The van der Waals surface area contributed by atoms with Crippen molar-refractivity contribution in [1.29, 1.82) is 0 Å². The van der Waals surface area contributed by atoms with Crippen LogP contribution in [0.3, 0.4) is 0 Å². The van der Waals surface area contributed by atoms with Crippen molar-refractivity contribution in [1.82, 2.24) is 9.88 Å². The Kier molecular flexibility index (Phi) is 5.58. The number of piperazine rings is 1. The van der Waals surface area contributed by atoms with E-state index in [0.29, 0.717) is 16.1 Å². The van der Waals surface area contributed by atoms with Gasteiger partial charge in [-0.25, -0.2) is 9.78 Å². The van der Waals surface area contributed by atoms with E-state index in [0.717, 1.165) is 38.5 Å². The highest BCUT2D eigenvalue weighted by atomic mass is 79.9. The highest BCUT2D eigenvalue weighted by Gasteiger charge is 2.20. The van der Waals surface area contributed by atoms with Gasteiger partial charge >= 0.3 is 5.97 Å². The number of pyridine rings is 1. The van der Waals surface area contributed by atoms with E-state index in [-0.39, 0.29) is 5.97 Å². The number of aromatic nitrogens is 1. The van der Waals surface area contributed by atoms with Crippen molar-refractivity contribution in [2.24, 2.45) is 5.92 Å². The molecule has 5 nitrogen and oxygen atoms in total. The van der Waals surface area contributed by atoms with Crippen molar-refractivity contribution in [2.75, 3.05) is 44.7 Å². The molecule has 0 atom stereocenters. The van der Waals surface area contributed by atoms with Crippen LogP contribution in [-0.2, 0) is 4.74 Å². The van der Waals surface area contributed by atoms with Gasteiger partial charge in [-0.1, -0.05) is 13.8 Å². The van der Waals surface area contributed by atoms with Crippen LogP contribution in [0.5, 0.6) is 0 Å². The first-order chi connectivity index (χ1) is 9.99. The molecule has 1 aliphatic heterocycles. The summed E-state index contributed by atoms with van der Waals surface area (Å²) >= 11 is 3.37. The number of esters is 1. The van der Waals surface area contributed by atoms with Gasteiger partial charge in [-0.05, 0) is 34.0 Å². The van der Waals surface area contributed by atoms with Crippen molar-refractivity contribution >= 4 is 27.7 Å². The molecule has 0 bridgehead atoms. The van der Waals surface area contributed by atoms with Crippen molar-refractivity contribution in [3.05, 3.63) is 22.3 Å². The summed E-state index contributed by atoms with van der Waals surface area (Å²) in [6, 6.07) is 3.49. The molecular weight excluding hydrogens is 334 g/mol. The fourth-order valence-electron chi connectivity index (χ4n) is 2.56. The summed E-state index contributed by atoms with van der Waals surface area (Å²) in [5, 5.41) is 0. The summed E-state index contributed by atoms with van der Waals surface area (Å²) in [7, 11) is 1.39. The van der Waals surface area contributed by atoms with E-state index >= 15 is 0 Å². The summed E-state index contributed by atoms with van der Waals surface area (Å²) in [5.74, 6) is 1.18. The molecule has 0 aliphatic carbocycles. The quantitative estimate of drug-likeness (QED) is 0.613. The molecule has 21 heavy (non-hydrogen) atoms. The largest absolute Gasteiger partial charge is 0.465 e. The van der Waals surface area contributed by atoms with E-state index < -0.39 is 0 Å². The van der Waals surface area contributed by atoms with Gasteiger partial charge in [0.25, 0.3) is 0 Å². The van der Waals surface area contributed by atoms with Crippen LogP contribution in [0.15, 0.2) is 16.7 Å². The normalized spacial score (nSPS) is 16.3. The van der Waals surface area contributed by atoms with Crippen molar-refractivity contribution in [2.45, 2.75) is 13.8 Å². The average molecular weight is 356 g/mol. The van der Waals surface area contributed by atoms with E-state index in [1.807, 2.05) is 0 Å². The smallest absolute Gasteiger partial charge is 0.338 e. The summed E-state index contributed by atoms with van der Waals surface area (Å²) in [5.41, 5.74) is 0.527. The Bertz CT molecular complexity index is 500. The zero-order chi connectivity index (χ0) is 15.4. The molecular formula is C15H22BrN3O2. The average Bonchev–Trinajstić information content (AvgIpc) is 2.46. The second-order valence-electron chi connectivity index (χ2n) is 5.71. The monoisotopic (exact) mass is 355 g/mol. The minimum Gasteiger partial charge on any atom is -0.465 e. The lowest BCUT2D eigenvalue weighted by atomic mass is 10.2. The van der Waals surface area contributed by atoms with Crippen LogP contribution >= 0.6 is 15.9 Å². The van der Waals surface area contributed by atoms with Gasteiger partial charge in [-0.3, -0.25) is 4.90 Å². The van der Waals surface area contributed by atoms with Crippen molar-refractivity contribution in [3.63, 3.8) is 0 Å². The number of carbonyl (C=O) groups excluding carboxylic acids is 1. The second kappa shape index (κ2) is 7.22. The first-order valence-electron chi connectivity index (χ1n) is 7.23. The SMILES string of the molecule is COC(=O)c1cc(Br)nc(N2CCN(CC(C)C)CC2)c1. The Morgan fingerprint density at radius 1 is 1.33 bits per heavy atom. The van der Waals surface area contributed by atoms with Gasteiger partial charge in [0, 0.05) is 32.7 Å². The molecule has 1 aliphatic rings. The first-order valence-corrected chi connectivity index (χ1v) is 8.02. The minimum atomic E-state index is -0.335. The minimum absolute atomic E-state index is 0.335. The van der Waals surface area contributed by atoms with Crippen LogP contribution in [0, 0.1) is 5.92 Å². The summed E-state index contributed by atoms with van der Waals surface area (Å²) in [4.78, 5) is 20.8.